The number of thiol groups is 1. The van der Waals surface area contributed by atoms with Gasteiger partial charge in [0.05, 0.1) is 0 Å². The van der Waals surface area contributed by atoms with Gasteiger partial charge in [0.25, 0.3) is 0 Å². The summed E-state index contributed by atoms with van der Waals surface area (Å²) in [5.41, 5.74) is 0. The van der Waals surface area contributed by atoms with E-state index in [1.165, 1.54) is 25.7 Å². The molecule has 0 unspecified atom stereocenters. The van der Waals surface area contributed by atoms with E-state index in [1.807, 2.05) is 0 Å². The Morgan fingerprint density at radius 2 is 1.36 bits per heavy atom. The van der Waals surface area contributed by atoms with Gasteiger partial charge in [-0.1, -0.05) is 39.5 Å². The fourth-order valence-electron chi connectivity index (χ4n) is 0.793. The molecule has 0 aliphatic heterocycles. The molecule has 0 atom stereocenters. The van der Waals surface area contributed by atoms with Crippen molar-refractivity contribution in [1.29, 1.82) is 0 Å². The number of unbranched alkanes of at least 4 members (excludes halogenated alkanes) is 2. The zero-order chi connectivity index (χ0) is 7.82. The van der Waals surface area contributed by atoms with Gasteiger partial charge in [-0.3, -0.25) is 4.31 Å². The Hall–Kier alpha value is 1.31. The molecule has 0 saturated heterocycles. The van der Waals surface area contributed by atoms with Crippen LogP contribution in [0.5, 0.6) is 0 Å². The van der Waals surface area contributed by atoms with Crippen LogP contribution in [0.25, 0.3) is 0 Å². The van der Waals surface area contributed by atoms with Crippen LogP contribution in [0.4, 0.5) is 0 Å². The van der Waals surface area contributed by atoms with E-state index in [4.69, 9.17) is 0 Å². The first-order valence-electron chi connectivity index (χ1n) is 4.25. The molecule has 1 nitrogen and oxygen atoms in total. The van der Waals surface area contributed by atoms with Crippen molar-refractivity contribution < 1.29 is 0 Å². The SMILES string of the molecule is CCCCN(S)CCCC.[NaH]. The second-order valence-corrected chi connectivity index (χ2v) is 3.23. The third-order valence-corrected chi connectivity index (χ3v) is 1.94. The summed E-state index contributed by atoms with van der Waals surface area (Å²) < 4.78 is 2.12. The van der Waals surface area contributed by atoms with Gasteiger partial charge >= 0.3 is 29.6 Å². The first kappa shape index (κ1) is 14.8. The molecule has 0 aliphatic rings. The van der Waals surface area contributed by atoms with E-state index in [1.54, 1.807) is 0 Å². The summed E-state index contributed by atoms with van der Waals surface area (Å²) in [6.07, 6.45) is 5.08. The van der Waals surface area contributed by atoms with Crippen molar-refractivity contribution in [3.63, 3.8) is 0 Å². The minimum absolute atomic E-state index is 0. The molecular formula is C8H20NNaS. The van der Waals surface area contributed by atoms with Crippen molar-refractivity contribution in [3.05, 3.63) is 0 Å². The predicted octanol–water partition coefficient (Wildman–Crippen LogP) is 2.08. The maximum atomic E-state index is 4.33. The van der Waals surface area contributed by atoms with E-state index in [-0.39, 0.29) is 29.6 Å². The molecule has 0 aromatic carbocycles. The van der Waals surface area contributed by atoms with Crippen molar-refractivity contribution in [2.45, 2.75) is 39.5 Å². The molecule has 0 rings (SSSR count). The Morgan fingerprint density at radius 1 is 1.00 bits per heavy atom. The topological polar surface area (TPSA) is 3.24 Å². The first-order valence-corrected chi connectivity index (χ1v) is 4.65. The number of rotatable bonds is 6. The molecule has 0 aliphatic carbocycles. The second-order valence-electron chi connectivity index (χ2n) is 2.66. The first-order chi connectivity index (χ1) is 4.81. The monoisotopic (exact) mass is 185 g/mol. The summed E-state index contributed by atoms with van der Waals surface area (Å²) in [6, 6.07) is 0. The molecule has 0 spiro atoms. The Balaban J connectivity index is 0. The average Bonchev–Trinajstić information content (AvgIpc) is 1.97. The molecule has 0 radical (unpaired) electrons. The van der Waals surface area contributed by atoms with E-state index in [9.17, 15) is 0 Å². The number of nitrogens with zero attached hydrogens (tertiary/aromatic N) is 1. The third-order valence-electron chi connectivity index (χ3n) is 1.54. The quantitative estimate of drug-likeness (QED) is 0.490. The molecule has 0 fully saturated rings. The Bertz CT molecular complexity index is 63.1. The van der Waals surface area contributed by atoms with Crippen LogP contribution in [0.1, 0.15) is 39.5 Å². The Labute approximate surface area is 98.8 Å². The van der Waals surface area contributed by atoms with Crippen LogP contribution in [0.2, 0.25) is 0 Å². The van der Waals surface area contributed by atoms with E-state index in [2.05, 4.69) is 31.0 Å². The fourth-order valence-corrected chi connectivity index (χ4v) is 1.08. The molecule has 0 amide bonds. The second kappa shape index (κ2) is 11.3. The average molecular weight is 185 g/mol. The van der Waals surface area contributed by atoms with Crippen molar-refractivity contribution >= 4 is 42.4 Å². The third kappa shape index (κ3) is 11.3. The summed E-state index contributed by atoms with van der Waals surface area (Å²) in [4.78, 5) is 0. The van der Waals surface area contributed by atoms with Crippen LogP contribution in [0.3, 0.4) is 0 Å². The molecule has 0 saturated carbocycles. The van der Waals surface area contributed by atoms with Gasteiger partial charge < -0.3 is 0 Å². The van der Waals surface area contributed by atoms with Gasteiger partial charge in [0.15, 0.2) is 0 Å². The molecule has 0 bridgehead atoms. The minimum atomic E-state index is 0. The molecule has 0 heterocycles. The maximum absolute atomic E-state index is 4.33. The molecule has 0 aromatic rings. The van der Waals surface area contributed by atoms with Gasteiger partial charge in [-0.05, 0) is 12.8 Å². The predicted molar refractivity (Wildman–Crippen MR) is 57.5 cm³/mol. The van der Waals surface area contributed by atoms with Gasteiger partial charge in [0, 0.05) is 13.1 Å². The van der Waals surface area contributed by atoms with Gasteiger partial charge in [-0.15, -0.1) is 0 Å². The van der Waals surface area contributed by atoms with Crippen molar-refractivity contribution in [1.82, 2.24) is 4.31 Å². The van der Waals surface area contributed by atoms with E-state index >= 15 is 0 Å². The van der Waals surface area contributed by atoms with Gasteiger partial charge in [-0.25, -0.2) is 0 Å². The molecule has 0 aromatic heterocycles. The Morgan fingerprint density at radius 3 is 1.64 bits per heavy atom. The van der Waals surface area contributed by atoms with E-state index in [0.717, 1.165) is 13.1 Å². The molecular weight excluding hydrogens is 165 g/mol. The van der Waals surface area contributed by atoms with E-state index in [0.29, 0.717) is 0 Å². The van der Waals surface area contributed by atoms with Gasteiger partial charge in [0.1, 0.15) is 0 Å². The van der Waals surface area contributed by atoms with Gasteiger partial charge in [-0.2, -0.15) is 0 Å². The standard InChI is InChI=1S/C8H19NS.Na.H/c1-3-5-7-9(10)8-6-4-2;;/h10H,3-8H2,1-2H3;;. The van der Waals surface area contributed by atoms with E-state index < -0.39 is 0 Å². The van der Waals surface area contributed by atoms with Crippen molar-refractivity contribution in [3.8, 4) is 0 Å². The number of hydrogen-bond acceptors (Lipinski definition) is 2. The van der Waals surface area contributed by atoms with Crippen molar-refractivity contribution in [2.75, 3.05) is 13.1 Å². The summed E-state index contributed by atoms with van der Waals surface area (Å²) in [5, 5.41) is 0. The summed E-state index contributed by atoms with van der Waals surface area (Å²) in [6.45, 7) is 6.70. The summed E-state index contributed by atoms with van der Waals surface area (Å²) >= 11 is 4.33. The normalized spacial score (nSPS) is 9.82. The number of hydrogen-bond donors (Lipinski definition) is 1. The molecule has 3 heteroatoms. The van der Waals surface area contributed by atoms with Crippen molar-refractivity contribution in [2.24, 2.45) is 0 Å². The zero-order valence-electron chi connectivity index (χ0n) is 7.14. The summed E-state index contributed by atoms with van der Waals surface area (Å²) in [5.74, 6) is 0. The Kier molecular flexibility index (Phi) is 15.2. The van der Waals surface area contributed by atoms with Crippen LogP contribution in [-0.2, 0) is 0 Å². The van der Waals surface area contributed by atoms with Crippen LogP contribution in [0, 0.1) is 0 Å². The van der Waals surface area contributed by atoms with Gasteiger partial charge in [0.2, 0.25) is 0 Å². The summed E-state index contributed by atoms with van der Waals surface area (Å²) in [7, 11) is 0. The molecule has 64 valence electrons. The molecule has 11 heavy (non-hydrogen) atoms. The fraction of sp³-hybridized carbons (Fsp3) is 1.00. The van der Waals surface area contributed by atoms with Crippen LogP contribution in [0.15, 0.2) is 0 Å². The van der Waals surface area contributed by atoms with Crippen LogP contribution in [-0.4, -0.2) is 47.0 Å². The molecule has 0 N–H and O–H groups in total. The van der Waals surface area contributed by atoms with Crippen LogP contribution < -0.4 is 0 Å². The zero-order valence-corrected chi connectivity index (χ0v) is 8.03. The van der Waals surface area contributed by atoms with Crippen LogP contribution >= 0.6 is 12.8 Å².